The monoisotopic (exact) mass is 489 g/mol. The summed E-state index contributed by atoms with van der Waals surface area (Å²) < 4.78 is 5.65. The lowest BCUT2D eigenvalue weighted by molar-refractivity contribution is -0.127. The number of rotatable bonds is 6. The van der Waals surface area contributed by atoms with Gasteiger partial charge in [0.2, 0.25) is 17.6 Å². The van der Waals surface area contributed by atoms with Crippen LogP contribution >= 0.6 is 0 Å². The van der Waals surface area contributed by atoms with Crippen molar-refractivity contribution in [3.05, 3.63) is 65.3 Å². The van der Waals surface area contributed by atoms with Crippen LogP contribution in [0.1, 0.15) is 69.0 Å². The zero-order chi connectivity index (χ0) is 25.7. The minimum atomic E-state index is -1.25. The lowest BCUT2D eigenvalue weighted by Gasteiger charge is -2.55. The average molecular weight is 490 g/mol. The quantitative estimate of drug-likeness (QED) is 0.545. The predicted molar refractivity (Wildman–Crippen MR) is 136 cm³/mol. The molecule has 0 radical (unpaired) electrons. The number of pyridine rings is 1. The van der Waals surface area contributed by atoms with Crippen molar-refractivity contribution in [3.8, 4) is 11.4 Å². The lowest BCUT2D eigenvalue weighted by atomic mass is 9.62. The summed E-state index contributed by atoms with van der Waals surface area (Å²) in [5.74, 6) is 1.37. The molecule has 0 bridgehead atoms. The highest BCUT2D eigenvalue weighted by Gasteiger charge is 2.55. The first-order chi connectivity index (χ1) is 17.0. The summed E-state index contributed by atoms with van der Waals surface area (Å²) in [5.41, 5.74) is 1.42. The first-order valence-electron chi connectivity index (χ1n) is 12.6. The van der Waals surface area contributed by atoms with E-state index in [1.54, 1.807) is 12.4 Å². The standard InChI is InChI=1S/C28H35N5O3/c1-18(2)19-6-8-21(9-7-19)28(35,27(4)16-33(5)17-27)22-12-20(13-29-14-22)24-31-25(36-32-24)26(3)11-10-23(34)30-15-26/h6-9,12-14,18,35H,10-11,15-17H2,1-5H3,(H,30,34). The molecule has 2 unspecified atom stereocenters. The Kier molecular flexibility index (Phi) is 6.00. The number of carbonyl (C=O) groups is 1. The van der Waals surface area contributed by atoms with Crippen molar-refractivity contribution in [2.45, 2.75) is 57.5 Å². The molecule has 1 aromatic carbocycles. The van der Waals surface area contributed by atoms with Gasteiger partial charge in [0.25, 0.3) is 0 Å². The molecule has 8 heteroatoms. The smallest absolute Gasteiger partial charge is 0.234 e. The molecule has 3 aromatic rings. The number of hydrogen-bond donors (Lipinski definition) is 2. The summed E-state index contributed by atoms with van der Waals surface area (Å²) >= 11 is 0. The van der Waals surface area contributed by atoms with Crippen LogP contribution in [0.5, 0.6) is 0 Å². The normalized spacial score (nSPS) is 23.7. The molecular formula is C28H35N5O3. The minimum absolute atomic E-state index is 0.0416. The van der Waals surface area contributed by atoms with E-state index in [0.29, 0.717) is 48.1 Å². The topological polar surface area (TPSA) is 104 Å². The van der Waals surface area contributed by atoms with Crippen LogP contribution in [0.3, 0.4) is 0 Å². The van der Waals surface area contributed by atoms with Gasteiger partial charge >= 0.3 is 0 Å². The molecule has 2 aliphatic heterocycles. The zero-order valence-electron chi connectivity index (χ0n) is 21.7. The van der Waals surface area contributed by atoms with Crippen LogP contribution in [0.4, 0.5) is 0 Å². The Balaban J connectivity index is 1.53. The maximum Gasteiger partial charge on any atom is 0.234 e. The van der Waals surface area contributed by atoms with E-state index in [1.165, 1.54) is 5.56 Å². The third-order valence-corrected chi connectivity index (χ3v) is 8.04. The fourth-order valence-electron chi connectivity index (χ4n) is 5.74. The van der Waals surface area contributed by atoms with E-state index < -0.39 is 16.4 Å². The van der Waals surface area contributed by atoms with Gasteiger partial charge in [0, 0.05) is 55.0 Å². The molecule has 2 aliphatic rings. The number of likely N-dealkylation sites (tertiary alicyclic amines) is 1. The Morgan fingerprint density at radius 1 is 1.14 bits per heavy atom. The van der Waals surface area contributed by atoms with E-state index >= 15 is 0 Å². The maximum atomic E-state index is 12.5. The molecule has 190 valence electrons. The van der Waals surface area contributed by atoms with Crippen LogP contribution in [0.25, 0.3) is 11.4 Å². The molecule has 0 spiro atoms. The molecule has 4 heterocycles. The highest BCUT2D eigenvalue weighted by molar-refractivity contribution is 5.77. The Bertz CT molecular complexity index is 1250. The van der Waals surface area contributed by atoms with Gasteiger partial charge in [-0.25, -0.2) is 0 Å². The molecule has 36 heavy (non-hydrogen) atoms. The molecule has 2 fully saturated rings. The Morgan fingerprint density at radius 2 is 1.86 bits per heavy atom. The van der Waals surface area contributed by atoms with E-state index in [-0.39, 0.29) is 5.91 Å². The van der Waals surface area contributed by atoms with Gasteiger partial charge in [-0.2, -0.15) is 4.98 Å². The Morgan fingerprint density at radius 3 is 2.47 bits per heavy atom. The van der Waals surface area contributed by atoms with Gasteiger partial charge in [-0.1, -0.05) is 50.2 Å². The third-order valence-electron chi connectivity index (χ3n) is 8.04. The first-order valence-corrected chi connectivity index (χ1v) is 12.6. The van der Waals surface area contributed by atoms with Gasteiger partial charge in [0.1, 0.15) is 5.60 Å². The highest BCUT2D eigenvalue weighted by atomic mass is 16.5. The van der Waals surface area contributed by atoms with Crippen molar-refractivity contribution in [1.29, 1.82) is 0 Å². The van der Waals surface area contributed by atoms with Gasteiger partial charge < -0.3 is 19.8 Å². The van der Waals surface area contributed by atoms with Crippen LogP contribution < -0.4 is 5.32 Å². The summed E-state index contributed by atoms with van der Waals surface area (Å²) in [6.07, 6.45) is 4.51. The van der Waals surface area contributed by atoms with Crippen LogP contribution in [0.15, 0.2) is 47.2 Å². The molecule has 0 aliphatic carbocycles. The minimum Gasteiger partial charge on any atom is -0.380 e. The van der Waals surface area contributed by atoms with Crippen LogP contribution in [-0.4, -0.2) is 57.7 Å². The van der Waals surface area contributed by atoms with Gasteiger partial charge in [-0.05, 0) is 43.5 Å². The van der Waals surface area contributed by atoms with Crippen molar-refractivity contribution in [2.75, 3.05) is 26.7 Å². The summed E-state index contributed by atoms with van der Waals surface area (Å²) in [6.45, 7) is 10.5. The number of hydrogen-bond acceptors (Lipinski definition) is 7. The number of amides is 1. The number of aliphatic hydroxyl groups is 1. The van der Waals surface area contributed by atoms with Gasteiger partial charge in [0.15, 0.2) is 0 Å². The number of nitrogens with zero attached hydrogens (tertiary/aromatic N) is 4. The van der Waals surface area contributed by atoms with Gasteiger partial charge in [-0.15, -0.1) is 0 Å². The van der Waals surface area contributed by atoms with Crippen molar-refractivity contribution >= 4 is 5.91 Å². The average Bonchev–Trinajstić information content (AvgIpc) is 3.36. The molecule has 5 rings (SSSR count). The third kappa shape index (κ3) is 4.02. The molecule has 2 atom stereocenters. The van der Waals surface area contributed by atoms with E-state index in [9.17, 15) is 9.90 Å². The number of piperidine rings is 1. The predicted octanol–water partition coefficient (Wildman–Crippen LogP) is 3.61. The Hall–Kier alpha value is -3.10. The van der Waals surface area contributed by atoms with Crippen molar-refractivity contribution < 1.29 is 14.4 Å². The molecule has 0 saturated carbocycles. The van der Waals surface area contributed by atoms with E-state index in [2.05, 4.69) is 65.3 Å². The summed E-state index contributed by atoms with van der Waals surface area (Å²) in [7, 11) is 2.06. The second kappa shape index (κ2) is 8.78. The van der Waals surface area contributed by atoms with Gasteiger partial charge in [0.05, 0.1) is 5.41 Å². The summed E-state index contributed by atoms with van der Waals surface area (Å²) in [6, 6.07) is 10.2. The van der Waals surface area contributed by atoms with Crippen molar-refractivity contribution in [3.63, 3.8) is 0 Å². The lowest BCUT2D eigenvalue weighted by Crippen LogP contribution is -2.63. The zero-order valence-corrected chi connectivity index (χ0v) is 21.7. The molecular weight excluding hydrogens is 454 g/mol. The molecule has 2 N–H and O–H groups in total. The molecule has 1 amide bonds. The highest BCUT2D eigenvalue weighted by Crippen LogP contribution is 2.50. The van der Waals surface area contributed by atoms with E-state index in [4.69, 9.17) is 4.52 Å². The number of aromatic nitrogens is 3. The molecule has 2 aromatic heterocycles. The second-order valence-corrected chi connectivity index (χ2v) is 11.4. The summed E-state index contributed by atoms with van der Waals surface area (Å²) in [4.78, 5) is 23.0. The van der Waals surface area contributed by atoms with Crippen LogP contribution in [-0.2, 0) is 15.8 Å². The summed E-state index contributed by atoms with van der Waals surface area (Å²) in [5, 5.41) is 19.6. The van der Waals surface area contributed by atoms with Crippen LogP contribution in [0, 0.1) is 5.41 Å². The van der Waals surface area contributed by atoms with Crippen molar-refractivity contribution in [2.24, 2.45) is 5.41 Å². The van der Waals surface area contributed by atoms with Crippen molar-refractivity contribution in [1.82, 2.24) is 25.3 Å². The fraction of sp³-hybridized carbons (Fsp3) is 0.500. The maximum absolute atomic E-state index is 12.5. The molecule has 2 saturated heterocycles. The number of benzene rings is 1. The second-order valence-electron chi connectivity index (χ2n) is 11.4. The Labute approximate surface area is 212 Å². The SMILES string of the molecule is CC(C)c1ccc(C(O)(c2cncc(-c3noc(C4(C)CCC(=O)NC4)n3)c2)C2(C)CN(C)C2)cc1. The van der Waals surface area contributed by atoms with E-state index in [1.807, 2.05) is 25.1 Å². The number of nitrogens with one attached hydrogen (secondary N) is 1. The van der Waals surface area contributed by atoms with Gasteiger partial charge in [-0.3, -0.25) is 9.78 Å². The largest absolute Gasteiger partial charge is 0.380 e. The van der Waals surface area contributed by atoms with Crippen LogP contribution in [0.2, 0.25) is 0 Å². The molecule has 8 nitrogen and oxygen atoms in total. The number of carbonyl (C=O) groups excluding carboxylic acids is 1. The van der Waals surface area contributed by atoms with E-state index in [0.717, 1.165) is 18.7 Å². The fourth-order valence-corrected chi connectivity index (χ4v) is 5.74. The first kappa shape index (κ1) is 24.6.